The van der Waals surface area contributed by atoms with Crippen molar-refractivity contribution < 1.29 is 9.90 Å². The average Bonchev–Trinajstić information content (AvgIpc) is 3.04. The molecule has 1 aliphatic rings. The number of para-hydroxylation sites is 1. The fraction of sp³-hybridized carbons (Fsp3) is 0.400. The summed E-state index contributed by atoms with van der Waals surface area (Å²) in [5.74, 6) is 0.179. The number of aliphatic hydroxyl groups excluding tert-OH is 1. The van der Waals surface area contributed by atoms with Crippen LogP contribution in [0.4, 0.5) is 0 Å². The van der Waals surface area contributed by atoms with E-state index in [2.05, 4.69) is 20.9 Å². The molecule has 1 aliphatic heterocycles. The van der Waals surface area contributed by atoms with Crippen LogP contribution in [0.3, 0.4) is 0 Å². The van der Waals surface area contributed by atoms with Crippen molar-refractivity contribution in [3.8, 4) is 0 Å². The largest absolute Gasteiger partial charge is 0.393 e. The number of aliphatic hydroxyl groups is 1. The highest BCUT2D eigenvalue weighted by atomic mass is 79.9. The van der Waals surface area contributed by atoms with Gasteiger partial charge in [-0.25, -0.2) is 0 Å². The molecule has 4 nitrogen and oxygen atoms in total. The van der Waals surface area contributed by atoms with Crippen LogP contribution in [-0.2, 0) is 0 Å². The summed E-state index contributed by atoms with van der Waals surface area (Å²) in [4.78, 5) is 17.6. The minimum absolute atomic E-state index is 0.00350. The summed E-state index contributed by atoms with van der Waals surface area (Å²) < 4.78 is 0.818. The van der Waals surface area contributed by atoms with E-state index in [0.717, 1.165) is 21.8 Å². The molecule has 0 saturated carbocycles. The Labute approximate surface area is 125 Å². The quantitative estimate of drug-likeness (QED) is 0.885. The zero-order valence-corrected chi connectivity index (χ0v) is 12.9. The fourth-order valence-electron chi connectivity index (χ4n) is 2.78. The van der Waals surface area contributed by atoms with Crippen molar-refractivity contribution in [1.29, 1.82) is 0 Å². The van der Waals surface area contributed by atoms with Gasteiger partial charge in [0.25, 0.3) is 5.91 Å². The number of carbonyl (C=O) groups is 1. The first-order chi connectivity index (χ1) is 9.58. The minimum Gasteiger partial charge on any atom is -0.393 e. The molecule has 2 aromatic rings. The molecule has 1 aromatic carbocycles. The van der Waals surface area contributed by atoms with E-state index in [9.17, 15) is 9.90 Å². The molecule has 1 fully saturated rings. The fourth-order valence-corrected chi connectivity index (χ4v) is 3.39. The summed E-state index contributed by atoms with van der Waals surface area (Å²) in [6.07, 6.45) is 0.500. The number of nitrogens with zero attached hydrogens (tertiary/aromatic N) is 1. The Morgan fingerprint density at radius 1 is 1.50 bits per heavy atom. The molecule has 0 aliphatic carbocycles. The summed E-state index contributed by atoms with van der Waals surface area (Å²) in [5.41, 5.74) is 1.55. The van der Waals surface area contributed by atoms with E-state index in [4.69, 9.17) is 0 Å². The van der Waals surface area contributed by atoms with E-state index in [1.165, 1.54) is 0 Å². The van der Waals surface area contributed by atoms with Crippen LogP contribution in [0.2, 0.25) is 0 Å². The Morgan fingerprint density at radius 2 is 2.25 bits per heavy atom. The van der Waals surface area contributed by atoms with Gasteiger partial charge < -0.3 is 15.0 Å². The standard InChI is InChI=1S/C15H17BrN2O2/c1-9(19)10-6-7-18(8-10)15(20)14-13(16)11-4-2-3-5-12(11)17-14/h2-5,9-10,17,19H,6-8H2,1H3. The van der Waals surface area contributed by atoms with Gasteiger partial charge in [-0.15, -0.1) is 0 Å². The summed E-state index contributed by atoms with van der Waals surface area (Å²) >= 11 is 3.52. The van der Waals surface area contributed by atoms with Gasteiger partial charge in [0, 0.05) is 29.9 Å². The van der Waals surface area contributed by atoms with Crippen molar-refractivity contribution in [3.63, 3.8) is 0 Å². The highest BCUT2D eigenvalue weighted by Gasteiger charge is 2.31. The van der Waals surface area contributed by atoms with E-state index in [0.29, 0.717) is 18.8 Å². The summed E-state index contributed by atoms with van der Waals surface area (Å²) in [6, 6.07) is 7.84. The number of halogens is 1. The number of nitrogens with one attached hydrogen (secondary N) is 1. The summed E-state index contributed by atoms with van der Waals surface area (Å²) in [5, 5.41) is 10.7. The number of fused-ring (bicyclic) bond motifs is 1. The van der Waals surface area contributed by atoms with Crippen LogP contribution < -0.4 is 0 Å². The lowest BCUT2D eigenvalue weighted by Gasteiger charge is -2.17. The van der Waals surface area contributed by atoms with E-state index in [-0.39, 0.29) is 17.9 Å². The first kappa shape index (κ1) is 13.6. The first-order valence-electron chi connectivity index (χ1n) is 6.81. The third kappa shape index (κ3) is 2.25. The summed E-state index contributed by atoms with van der Waals surface area (Å²) in [6.45, 7) is 3.12. The highest BCUT2D eigenvalue weighted by molar-refractivity contribution is 9.10. The summed E-state index contributed by atoms with van der Waals surface area (Å²) in [7, 11) is 0. The number of amides is 1. The number of aromatic nitrogens is 1. The highest BCUT2D eigenvalue weighted by Crippen LogP contribution is 2.30. The third-order valence-electron chi connectivity index (χ3n) is 4.05. The molecule has 20 heavy (non-hydrogen) atoms. The second-order valence-corrected chi connectivity index (χ2v) is 6.19. The molecule has 1 saturated heterocycles. The van der Waals surface area contributed by atoms with E-state index < -0.39 is 0 Å². The molecule has 0 radical (unpaired) electrons. The monoisotopic (exact) mass is 336 g/mol. The van der Waals surface area contributed by atoms with Crippen molar-refractivity contribution >= 4 is 32.7 Å². The SMILES string of the molecule is CC(O)C1CCN(C(=O)c2[nH]c3ccccc3c2Br)C1. The Kier molecular flexibility index (Phi) is 3.56. The number of H-pyrrole nitrogens is 1. The molecule has 3 rings (SSSR count). The zero-order valence-electron chi connectivity index (χ0n) is 11.3. The van der Waals surface area contributed by atoms with Gasteiger partial charge in [0.1, 0.15) is 5.69 Å². The number of aromatic amines is 1. The Balaban J connectivity index is 1.88. The van der Waals surface area contributed by atoms with Crippen molar-refractivity contribution in [3.05, 3.63) is 34.4 Å². The molecular formula is C15H17BrN2O2. The predicted molar refractivity (Wildman–Crippen MR) is 81.7 cm³/mol. The number of benzene rings is 1. The van der Waals surface area contributed by atoms with Gasteiger partial charge in [0.2, 0.25) is 0 Å². The van der Waals surface area contributed by atoms with Gasteiger partial charge in [-0.3, -0.25) is 4.79 Å². The van der Waals surface area contributed by atoms with Gasteiger partial charge in [0.05, 0.1) is 10.6 Å². The van der Waals surface area contributed by atoms with Crippen molar-refractivity contribution in [2.45, 2.75) is 19.4 Å². The Morgan fingerprint density at radius 3 is 2.90 bits per heavy atom. The van der Waals surface area contributed by atoms with Crippen molar-refractivity contribution in [2.24, 2.45) is 5.92 Å². The van der Waals surface area contributed by atoms with Crippen molar-refractivity contribution in [1.82, 2.24) is 9.88 Å². The Hall–Kier alpha value is -1.33. The van der Waals surface area contributed by atoms with E-state index in [1.54, 1.807) is 6.92 Å². The van der Waals surface area contributed by atoms with E-state index in [1.807, 2.05) is 29.2 Å². The van der Waals surface area contributed by atoms with Gasteiger partial charge in [-0.1, -0.05) is 18.2 Å². The van der Waals surface area contributed by atoms with Crippen LogP contribution in [-0.4, -0.2) is 40.1 Å². The van der Waals surface area contributed by atoms with Crippen LogP contribution >= 0.6 is 15.9 Å². The van der Waals surface area contributed by atoms with Crippen LogP contribution in [0.25, 0.3) is 10.9 Å². The molecule has 1 amide bonds. The van der Waals surface area contributed by atoms with Crippen LogP contribution in [0.15, 0.2) is 28.7 Å². The first-order valence-corrected chi connectivity index (χ1v) is 7.60. The molecule has 2 N–H and O–H groups in total. The van der Waals surface area contributed by atoms with Crippen LogP contribution in [0.5, 0.6) is 0 Å². The van der Waals surface area contributed by atoms with Gasteiger partial charge >= 0.3 is 0 Å². The normalized spacial score (nSPS) is 20.6. The molecular weight excluding hydrogens is 320 g/mol. The Bertz CT molecular complexity index is 650. The van der Waals surface area contributed by atoms with Crippen molar-refractivity contribution in [2.75, 3.05) is 13.1 Å². The third-order valence-corrected chi connectivity index (χ3v) is 4.87. The smallest absolute Gasteiger partial charge is 0.271 e. The maximum absolute atomic E-state index is 12.6. The minimum atomic E-state index is -0.362. The topological polar surface area (TPSA) is 56.3 Å². The number of carbonyl (C=O) groups excluding carboxylic acids is 1. The van der Waals surface area contributed by atoms with Gasteiger partial charge in [-0.05, 0) is 35.3 Å². The molecule has 106 valence electrons. The lowest BCUT2D eigenvalue weighted by Crippen LogP contribution is -2.30. The van der Waals surface area contributed by atoms with Gasteiger partial charge in [-0.2, -0.15) is 0 Å². The second-order valence-electron chi connectivity index (χ2n) is 5.40. The maximum atomic E-state index is 12.6. The van der Waals surface area contributed by atoms with Gasteiger partial charge in [0.15, 0.2) is 0 Å². The molecule has 0 bridgehead atoms. The number of hydrogen-bond acceptors (Lipinski definition) is 2. The molecule has 5 heteroatoms. The maximum Gasteiger partial charge on any atom is 0.271 e. The van der Waals surface area contributed by atoms with Crippen LogP contribution in [0.1, 0.15) is 23.8 Å². The lowest BCUT2D eigenvalue weighted by atomic mass is 10.0. The average molecular weight is 337 g/mol. The number of hydrogen-bond donors (Lipinski definition) is 2. The lowest BCUT2D eigenvalue weighted by molar-refractivity contribution is 0.0757. The molecule has 2 unspecified atom stereocenters. The predicted octanol–water partition coefficient (Wildman–Crippen LogP) is 2.77. The molecule has 1 aromatic heterocycles. The molecule has 2 atom stereocenters. The molecule has 2 heterocycles. The number of likely N-dealkylation sites (tertiary alicyclic amines) is 1. The second kappa shape index (κ2) is 5.22. The zero-order chi connectivity index (χ0) is 14.3. The molecule has 0 spiro atoms. The van der Waals surface area contributed by atoms with E-state index >= 15 is 0 Å². The van der Waals surface area contributed by atoms with Crippen LogP contribution in [0, 0.1) is 5.92 Å². The number of rotatable bonds is 2.